The zero-order valence-electron chi connectivity index (χ0n) is 16.8. The van der Waals surface area contributed by atoms with Gasteiger partial charge in [-0.3, -0.25) is 0 Å². The first-order valence-electron chi connectivity index (χ1n) is 8.77. The van der Waals surface area contributed by atoms with Crippen LogP contribution in [0.5, 0.6) is 0 Å². The summed E-state index contributed by atoms with van der Waals surface area (Å²) in [5.41, 5.74) is 7.81. The van der Waals surface area contributed by atoms with Gasteiger partial charge in [0.05, 0.1) is 0 Å². The number of hydrogen-bond acceptors (Lipinski definition) is 3. The molecule has 0 bridgehead atoms. The number of anilines is 2. The Labute approximate surface area is 190 Å². The van der Waals surface area contributed by atoms with Crippen LogP contribution in [0.2, 0.25) is 0 Å². The number of halogens is 2. The molecule has 2 aromatic rings. The second-order valence-corrected chi connectivity index (χ2v) is 6.69. The van der Waals surface area contributed by atoms with Crippen LogP contribution in [0, 0.1) is 27.7 Å². The van der Waals surface area contributed by atoms with Gasteiger partial charge in [-0.25, -0.2) is 0 Å². The summed E-state index contributed by atoms with van der Waals surface area (Å²) in [6, 6.07) is 12.9. The molecular weight excluding hydrogens is 557 g/mol. The molecule has 0 aliphatic rings. The van der Waals surface area contributed by atoms with Gasteiger partial charge in [0.2, 0.25) is 0 Å². The second kappa shape index (κ2) is 14.3. The number of nitrogens with zero attached hydrogens (tertiary/aromatic N) is 1. The zero-order chi connectivity index (χ0) is 17.5. The van der Waals surface area contributed by atoms with Gasteiger partial charge in [-0.1, -0.05) is 36.4 Å². The van der Waals surface area contributed by atoms with Crippen LogP contribution in [-0.2, 0) is 20.1 Å². The normalized spacial score (nSPS) is 9.70. The van der Waals surface area contributed by atoms with E-state index < -0.39 is 0 Å². The largest absolute Gasteiger partial charge is 1.00 e. The molecule has 0 atom stereocenters. The molecular formula is C21H31Cl2IrN3-2. The maximum atomic E-state index is 3.58. The molecule has 2 N–H and O–H groups in total. The minimum absolute atomic E-state index is 0. The van der Waals surface area contributed by atoms with Crippen LogP contribution < -0.4 is 35.4 Å². The average Bonchev–Trinajstić information content (AvgIpc) is 2.53. The third-order valence-corrected chi connectivity index (χ3v) is 4.55. The van der Waals surface area contributed by atoms with Gasteiger partial charge >= 0.3 is 0 Å². The van der Waals surface area contributed by atoms with E-state index in [1.165, 1.54) is 33.6 Å². The van der Waals surface area contributed by atoms with Crippen molar-refractivity contribution in [3.63, 3.8) is 0 Å². The fourth-order valence-electron chi connectivity index (χ4n) is 3.04. The summed E-state index contributed by atoms with van der Waals surface area (Å²) in [6.07, 6.45) is 0. The Bertz CT molecular complexity index is 582. The van der Waals surface area contributed by atoms with E-state index in [4.69, 9.17) is 0 Å². The van der Waals surface area contributed by atoms with Gasteiger partial charge in [0, 0.05) is 57.7 Å². The van der Waals surface area contributed by atoms with Crippen LogP contribution >= 0.6 is 0 Å². The quantitative estimate of drug-likeness (QED) is 0.389. The topological polar surface area (TPSA) is 27.3 Å². The van der Waals surface area contributed by atoms with Crippen molar-refractivity contribution in [2.45, 2.75) is 27.7 Å². The summed E-state index contributed by atoms with van der Waals surface area (Å²) in [7, 11) is 2.18. The fourth-order valence-corrected chi connectivity index (χ4v) is 3.04. The molecule has 0 aromatic heterocycles. The van der Waals surface area contributed by atoms with Gasteiger partial charge in [0.1, 0.15) is 0 Å². The molecule has 0 aliphatic carbocycles. The number of rotatable bonds is 8. The van der Waals surface area contributed by atoms with E-state index >= 15 is 0 Å². The fraction of sp³-hybridized carbons (Fsp3) is 0.429. The predicted molar refractivity (Wildman–Crippen MR) is 106 cm³/mol. The van der Waals surface area contributed by atoms with Crippen molar-refractivity contribution in [2.24, 2.45) is 0 Å². The van der Waals surface area contributed by atoms with Crippen molar-refractivity contribution in [2.75, 3.05) is 43.9 Å². The summed E-state index contributed by atoms with van der Waals surface area (Å²) in [4.78, 5) is 2.36. The van der Waals surface area contributed by atoms with Gasteiger partial charge in [-0.05, 0) is 57.0 Å². The third kappa shape index (κ3) is 8.85. The Kier molecular flexibility index (Phi) is 15.0. The van der Waals surface area contributed by atoms with E-state index in [-0.39, 0.29) is 44.9 Å². The third-order valence-electron chi connectivity index (χ3n) is 4.55. The van der Waals surface area contributed by atoms with E-state index in [1.54, 1.807) is 0 Å². The molecule has 1 radical (unpaired) electrons. The predicted octanol–water partition coefficient (Wildman–Crippen LogP) is -1.62. The van der Waals surface area contributed by atoms with Gasteiger partial charge in [-0.2, -0.15) is 0 Å². The summed E-state index contributed by atoms with van der Waals surface area (Å²) in [5.74, 6) is 0. The molecule has 0 saturated carbocycles. The first-order chi connectivity index (χ1) is 11.5. The Morgan fingerprint density at radius 1 is 0.667 bits per heavy atom. The van der Waals surface area contributed by atoms with Crippen molar-refractivity contribution >= 4 is 11.4 Å². The Morgan fingerprint density at radius 2 is 0.963 bits per heavy atom. The Morgan fingerprint density at radius 3 is 1.26 bits per heavy atom. The van der Waals surface area contributed by atoms with E-state index in [2.05, 4.69) is 86.7 Å². The van der Waals surface area contributed by atoms with E-state index in [0.29, 0.717) is 0 Å². The maximum Gasteiger partial charge on any atom is 0.0400 e. The number of aryl methyl sites for hydroxylation is 4. The van der Waals surface area contributed by atoms with Crippen LogP contribution in [-0.4, -0.2) is 38.1 Å². The number of hydrogen-bond donors (Lipinski definition) is 2. The van der Waals surface area contributed by atoms with E-state index in [1.807, 2.05) is 0 Å². The van der Waals surface area contributed by atoms with Crippen molar-refractivity contribution in [3.8, 4) is 0 Å². The Hall–Kier alpha value is -0.771. The molecule has 2 aromatic carbocycles. The Balaban J connectivity index is 0. The average molecular weight is 589 g/mol. The van der Waals surface area contributed by atoms with Crippen molar-refractivity contribution in [1.29, 1.82) is 0 Å². The van der Waals surface area contributed by atoms with Crippen molar-refractivity contribution in [1.82, 2.24) is 4.90 Å². The monoisotopic (exact) mass is 588 g/mol. The number of nitrogens with one attached hydrogen (secondary N) is 2. The molecule has 27 heavy (non-hydrogen) atoms. The number of likely N-dealkylation sites (N-methyl/N-ethyl adjacent to an activating group) is 1. The maximum absolute atomic E-state index is 3.58. The summed E-state index contributed by atoms with van der Waals surface area (Å²) in [6.45, 7) is 12.6. The van der Waals surface area contributed by atoms with Crippen molar-refractivity contribution < 1.29 is 44.9 Å². The van der Waals surface area contributed by atoms with Gasteiger partial charge < -0.3 is 40.3 Å². The van der Waals surface area contributed by atoms with Crippen LogP contribution in [0.15, 0.2) is 36.4 Å². The smallest absolute Gasteiger partial charge is 0.0400 e. The summed E-state index contributed by atoms with van der Waals surface area (Å²) >= 11 is 0. The minimum Gasteiger partial charge on any atom is -1.00 e. The molecule has 6 heteroatoms. The van der Waals surface area contributed by atoms with Crippen LogP contribution in [0.25, 0.3) is 0 Å². The first kappa shape index (κ1) is 28.4. The molecule has 0 fully saturated rings. The molecule has 3 nitrogen and oxygen atoms in total. The first-order valence-corrected chi connectivity index (χ1v) is 8.77. The molecule has 2 rings (SSSR count). The van der Waals surface area contributed by atoms with E-state index in [0.717, 1.165) is 26.2 Å². The number of para-hydroxylation sites is 2. The molecule has 155 valence electrons. The van der Waals surface area contributed by atoms with Crippen LogP contribution in [0.4, 0.5) is 11.4 Å². The van der Waals surface area contributed by atoms with E-state index in [9.17, 15) is 0 Å². The summed E-state index contributed by atoms with van der Waals surface area (Å²) in [5, 5.41) is 7.15. The number of benzene rings is 2. The molecule has 0 aliphatic heterocycles. The van der Waals surface area contributed by atoms with Gasteiger partial charge in [0.25, 0.3) is 0 Å². The van der Waals surface area contributed by atoms with Gasteiger partial charge in [-0.15, -0.1) is 0 Å². The SMILES string of the molecule is Cc1cccc(C)c1NCCN(C)CCNc1c(C)cccc1C.[Cl-].[Cl-].[Ir]. The molecule has 0 spiro atoms. The molecule has 0 heterocycles. The van der Waals surface area contributed by atoms with Crippen molar-refractivity contribution in [3.05, 3.63) is 58.7 Å². The molecule has 0 unspecified atom stereocenters. The van der Waals surface area contributed by atoms with Gasteiger partial charge in [0.15, 0.2) is 0 Å². The van der Waals surface area contributed by atoms with Crippen LogP contribution in [0.1, 0.15) is 22.3 Å². The summed E-state index contributed by atoms with van der Waals surface area (Å²) < 4.78 is 0. The molecule has 0 saturated heterocycles. The zero-order valence-corrected chi connectivity index (χ0v) is 20.7. The second-order valence-electron chi connectivity index (χ2n) is 6.69. The standard InChI is InChI=1S/C21H31N3.2ClH.Ir/c1-16-8-6-9-17(2)20(16)22-12-14-24(5)15-13-23-21-18(3)10-7-11-19(21)4;;;/h6-11,22-23H,12-15H2,1-5H3;2*1H;/p-2. The minimum atomic E-state index is 0. The van der Waals surface area contributed by atoms with Crippen LogP contribution in [0.3, 0.4) is 0 Å². The molecule has 0 amide bonds.